The third-order valence-electron chi connectivity index (χ3n) is 4.86. The molecule has 1 aromatic heterocycles. The Hall–Kier alpha value is -2.21. The number of fused-ring (bicyclic) bond motifs is 1. The number of piperidine rings is 1. The molecule has 0 atom stereocenters. The van der Waals surface area contributed by atoms with Crippen molar-refractivity contribution in [1.82, 2.24) is 9.88 Å². The monoisotopic (exact) mass is 314 g/mol. The summed E-state index contributed by atoms with van der Waals surface area (Å²) in [5.41, 5.74) is 1.17. The molecule has 122 valence electrons. The second kappa shape index (κ2) is 6.12. The fraction of sp³-hybridized carbons (Fsp3) is 0.471. The van der Waals surface area contributed by atoms with Crippen molar-refractivity contribution in [2.45, 2.75) is 25.8 Å². The van der Waals surface area contributed by atoms with E-state index in [1.54, 1.807) is 18.3 Å². The van der Waals surface area contributed by atoms with Crippen molar-refractivity contribution in [3.8, 4) is 0 Å². The molecular formula is C17H22N4O2. The first-order valence-corrected chi connectivity index (χ1v) is 7.93. The molecule has 1 aromatic carbocycles. The molecule has 1 saturated heterocycles. The quantitative estimate of drug-likeness (QED) is 0.644. The van der Waals surface area contributed by atoms with Crippen molar-refractivity contribution in [3.63, 3.8) is 0 Å². The van der Waals surface area contributed by atoms with E-state index in [2.05, 4.69) is 28.9 Å². The van der Waals surface area contributed by atoms with Crippen LogP contribution in [-0.4, -0.2) is 48.0 Å². The highest BCUT2D eigenvalue weighted by atomic mass is 16.6. The molecule has 0 spiro atoms. The molecule has 0 radical (unpaired) electrons. The van der Waals surface area contributed by atoms with Crippen molar-refractivity contribution in [2.24, 2.45) is 0 Å². The van der Waals surface area contributed by atoms with Crippen LogP contribution < -0.4 is 4.90 Å². The summed E-state index contributed by atoms with van der Waals surface area (Å²) >= 11 is 0. The van der Waals surface area contributed by atoms with E-state index in [4.69, 9.17) is 0 Å². The van der Waals surface area contributed by atoms with Crippen LogP contribution in [0.25, 0.3) is 10.8 Å². The van der Waals surface area contributed by atoms with E-state index in [0.29, 0.717) is 11.4 Å². The van der Waals surface area contributed by atoms with Crippen molar-refractivity contribution in [3.05, 3.63) is 40.1 Å². The van der Waals surface area contributed by atoms with E-state index in [-0.39, 0.29) is 10.6 Å². The van der Waals surface area contributed by atoms with Gasteiger partial charge < -0.3 is 9.80 Å². The second-order valence-corrected chi connectivity index (χ2v) is 6.36. The highest BCUT2D eigenvalue weighted by Crippen LogP contribution is 2.34. The highest BCUT2D eigenvalue weighted by molar-refractivity contribution is 6.00. The Morgan fingerprint density at radius 3 is 2.65 bits per heavy atom. The molecule has 1 aliphatic rings. The Morgan fingerprint density at radius 2 is 2.00 bits per heavy atom. The standard InChI is InChI=1S/C17H22N4O2/c1-12-4-5-15(21(22)23)14-6-9-18-17(16(12)14)20(3)13-7-10-19(2)11-8-13/h4-6,9,13H,7-8,10-11H2,1-3H3. The number of nitro benzene ring substituents is 1. The van der Waals surface area contributed by atoms with Crippen LogP contribution in [0, 0.1) is 17.0 Å². The Balaban J connectivity index is 2.07. The number of likely N-dealkylation sites (tertiary alicyclic amines) is 1. The number of rotatable bonds is 3. The van der Waals surface area contributed by atoms with Crippen LogP contribution in [-0.2, 0) is 0 Å². The van der Waals surface area contributed by atoms with Crippen LogP contribution in [0.2, 0.25) is 0 Å². The zero-order chi connectivity index (χ0) is 16.6. The zero-order valence-corrected chi connectivity index (χ0v) is 13.8. The van der Waals surface area contributed by atoms with Gasteiger partial charge in [-0.15, -0.1) is 0 Å². The summed E-state index contributed by atoms with van der Waals surface area (Å²) in [6.45, 7) is 4.12. The number of hydrogen-bond acceptors (Lipinski definition) is 5. The van der Waals surface area contributed by atoms with Crippen LogP contribution in [0.15, 0.2) is 24.4 Å². The topological polar surface area (TPSA) is 62.5 Å². The predicted octanol–water partition coefficient (Wildman–Crippen LogP) is 2.98. The number of benzene rings is 1. The molecule has 0 amide bonds. The average molecular weight is 314 g/mol. The van der Waals surface area contributed by atoms with E-state index in [0.717, 1.165) is 42.7 Å². The molecule has 1 fully saturated rings. The minimum absolute atomic E-state index is 0.144. The first-order valence-electron chi connectivity index (χ1n) is 7.93. The third-order valence-corrected chi connectivity index (χ3v) is 4.86. The Labute approximate surface area is 135 Å². The van der Waals surface area contributed by atoms with Crippen molar-refractivity contribution >= 4 is 22.3 Å². The molecule has 23 heavy (non-hydrogen) atoms. The molecule has 6 nitrogen and oxygen atoms in total. The number of nitrogens with zero attached hydrogens (tertiary/aromatic N) is 4. The van der Waals surface area contributed by atoms with Gasteiger partial charge in [0.25, 0.3) is 5.69 Å². The van der Waals surface area contributed by atoms with E-state index in [9.17, 15) is 10.1 Å². The Kier molecular flexibility index (Phi) is 4.17. The molecule has 0 N–H and O–H groups in total. The lowest BCUT2D eigenvalue weighted by Gasteiger charge is -2.36. The lowest BCUT2D eigenvalue weighted by Crippen LogP contribution is -2.42. The molecule has 2 aromatic rings. The number of anilines is 1. The minimum atomic E-state index is -0.318. The van der Waals surface area contributed by atoms with Gasteiger partial charge in [0.15, 0.2) is 0 Å². The third kappa shape index (κ3) is 2.86. The molecule has 1 aliphatic heterocycles. The fourth-order valence-corrected chi connectivity index (χ4v) is 3.41. The summed E-state index contributed by atoms with van der Waals surface area (Å²) in [4.78, 5) is 20.1. The van der Waals surface area contributed by atoms with Crippen LogP contribution in [0.5, 0.6) is 0 Å². The van der Waals surface area contributed by atoms with Gasteiger partial charge in [-0.05, 0) is 51.5 Å². The summed E-state index contributed by atoms with van der Waals surface area (Å²) < 4.78 is 0. The van der Waals surface area contributed by atoms with Crippen LogP contribution >= 0.6 is 0 Å². The van der Waals surface area contributed by atoms with Gasteiger partial charge in [0.05, 0.1) is 10.3 Å². The molecule has 2 heterocycles. The van der Waals surface area contributed by atoms with Crippen molar-refractivity contribution < 1.29 is 4.92 Å². The lowest BCUT2D eigenvalue weighted by atomic mass is 10.0. The first-order chi connectivity index (χ1) is 11.0. The summed E-state index contributed by atoms with van der Waals surface area (Å²) in [6.07, 6.45) is 3.84. The first kappa shape index (κ1) is 15.7. The molecule has 0 aliphatic carbocycles. The largest absolute Gasteiger partial charge is 0.356 e. The van der Waals surface area contributed by atoms with Gasteiger partial charge in [-0.2, -0.15) is 0 Å². The van der Waals surface area contributed by atoms with Gasteiger partial charge in [-0.3, -0.25) is 10.1 Å². The summed E-state index contributed by atoms with van der Waals surface area (Å²) in [6, 6.07) is 5.56. The average Bonchev–Trinajstić information content (AvgIpc) is 2.54. The smallest absolute Gasteiger partial charge is 0.277 e. The van der Waals surface area contributed by atoms with Gasteiger partial charge in [0.2, 0.25) is 0 Å². The molecule has 0 unspecified atom stereocenters. The van der Waals surface area contributed by atoms with Crippen LogP contribution in [0.1, 0.15) is 18.4 Å². The fourth-order valence-electron chi connectivity index (χ4n) is 3.41. The van der Waals surface area contributed by atoms with Crippen LogP contribution in [0.4, 0.5) is 11.5 Å². The maximum absolute atomic E-state index is 11.3. The summed E-state index contributed by atoms with van der Waals surface area (Å²) in [5, 5.41) is 12.9. The maximum atomic E-state index is 11.3. The second-order valence-electron chi connectivity index (χ2n) is 6.36. The highest BCUT2D eigenvalue weighted by Gasteiger charge is 2.24. The van der Waals surface area contributed by atoms with Gasteiger partial charge in [0, 0.05) is 30.7 Å². The number of hydrogen-bond donors (Lipinski definition) is 0. The minimum Gasteiger partial charge on any atom is -0.356 e. The molecule has 3 rings (SSSR count). The summed E-state index contributed by atoms with van der Waals surface area (Å²) in [5.74, 6) is 0.846. The zero-order valence-electron chi connectivity index (χ0n) is 13.8. The maximum Gasteiger partial charge on any atom is 0.277 e. The van der Waals surface area contributed by atoms with E-state index < -0.39 is 0 Å². The number of aryl methyl sites for hydroxylation is 1. The number of pyridine rings is 1. The van der Waals surface area contributed by atoms with Crippen molar-refractivity contribution in [1.29, 1.82) is 0 Å². The van der Waals surface area contributed by atoms with Crippen LogP contribution in [0.3, 0.4) is 0 Å². The summed E-state index contributed by atoms with van der Waals surface area (Å²) in [7, 11) is 4.19. The SMILES string of the molecule is Cc1ccc([N+](=O)[O-])c2ccnc(N(C)C3CCN(C)CC3)c12. The number of non-ortho nitro benzene ring substituents is 1. The Bertz CT molecular complexity index is 739. The molecule has 0 saturated carbocycles. The van der Waals surface area contributed by atoms with Gasteiger partial charge in [0.1, 0.15) is 5.82 Å². The number of nitro groups is 1. The van der Waals surface area contributed by atoms with Gasteiger partial charge in [-0.1, -0.05) is 6.07 Å². The van der Waals surface area contributed by atoms with E-state index >= 15 is 0 Å². The molecular weight excluding hydrogens is 292 g/mol. The van der Waals surface area contributed by atoms with Crippen molar-refractivity contribution in [2.75, 3.05) is 32.1 Å². The number of aromatic nitrogens is 1. The molecule has 0 bridgehead atoms. The molecule has 6 heteroatoms. The van der Waals surface area contributed by atoms with E-state index in [1.165, 1.54) is 0 Å². The normalized spacial score (nSPS) is 16.7. The van der Waals surface area contributed by atoms with Gasteiger partial charge >= 0.3 is 0 Å². The Morgan fingerprint density at radius 1 is 1.30 bits per heavy atom. The van der Waals surface area contributed by atoms with Gasteiger partial charge in [-0.25, -0.2) is 4.98 Å². The lowest BCUT2D eigenvalue weighted by molar-refractivity contribution is -0.383. The van der Waals surface area contributed by atoms with E-state index in [1.807, 2.05) is 13.0 Å². The predicted molar refractivity (Wildman–Crippen MR) is 92.1 cm³/mol.